The van der Waals surface area contributed by atoms with Crippen molar-refractivity contribution in [1.82, 2.24) is 15.2 Å². The zero-order valence-electron chi connectivity index (χ0n) is 10.6. The van der Waals surface area contributed by atoms with E-state index in [2.05, 4.69) is 10.3 Å². The smallest absolute Gasteiger partial charge is 0.263 e. The first-order chi connectivity index (χ1) is 8.60. The Labute approximate surface area is 106 Å². The molecule has 3 N–H and O–H groups in total. The Hall–Kier alpha value is -1.18. The maximum absolute atomic E-state index is 11.6. The van der Waals surface area contributed by atoms with Gasteiger partial charge in [0, 0.05) is 26.7 Å². The van der Waals surface area contributed by atoms with Gasteiger partial charge in [-0.1, -0.05) is 0 Å². The second kappa shape index (κ2) is 5.64. The summed E-state index contributed by atoms with van der Waals surface area (Å²) in [6, 6.07) is 0. The van der Waals surface area contributed by atoms with Crippen molar-refractivity contribution in [3.05, 3.63) is 0 Å². The van der Waals surface area contributed by atoms with Gasteiger partial charge >= 0.3 is 0 Å². The molecule has 2 heterocycles. The summed E-state index contributed by atoms with van der Waals surface area (Å²) in [4.78, 5) is 26.7. The predicted octanol–water partition coefficient (Wildman–Crippen LogP) is -1.70. The van der Waals surface area contributed by atoms with Gasteiger partial charge in [-0.15, -0.1) is 0 Å². The van der Waals surface area contributed by atoms with E-state index in [1.807, 2.05) is 7.05 Å². The average Bonchev–Trinajstić information content (AvgIpc) is 2.81. The van der Waals surface area contributed by atoms with E-state index >= 15 is 0 Å². The second-order valence-corrected chi connectivity index (χ2v) is 4.88. The largest absolute Gasteiger partial charge is 0.364 e. The van der Waals surface area contributed by atoms with E-state index < -0.39 is 6.10 Å². The van der Waals surface area contributed by atoms with Crippen LogP contribution in [0.25, 0.3) is 0 Å². The minimum Gasteiger partial charge on any atom is -0.364 e. The molecule has 2 aliphatic rings. The summed E-state index contributed by atoms with van der Waals surface area (Å²) < 4.78 is 5.62. The number of nitrogens with two attached hydrogens (primary N) is 1. The SMILES string of the molecule is CN1CCN(CC2CCC(C(=O)NN)O2)CC1=O. The van der Waals surface area contributed by atoms with E-state index in [0.29, 0.717) is 19.5 Å². The molecule has 0 bridgehead atoms. The lowest BCUT2D eigenvalue weighted by Crippen LogP contribution is -2.50. The molecule has 2 unspecified atom stereocenters. The number of carbonyl (C=O) groups excluding carboxylic acids is 2. The Morgan fingerprint density at radius 1 is 1.50 bits per heavy atom. The number of carbonyl (C=O) groups is 2. The standard InChI is InChI=1S/C11H20N4O3/c1-14-4-5-15(7-10(14)16)6-8-2-3-9(18-8)11(17)13-12/h8-9H,2-7,12H2,1H3,(H,13,17). The molecule has 102 valence electrons. The third-order valence-corrected chi connectivity index (χ3v) is 3.54. The van der Waals surface area contributed by atoms with Crippen LogP contribution in [0.4, 0.5) is 0 Å². The van der Waals surface area contributed by atoms with Crippen molar-refractivity contribution in [2.45, 2.75) is 25.0 Å². The van der Waals surface area contributed by atoms with Gasteiger partial charge in [0.1, 0.15) is 6.10 Å². The Bertz CT molecular complexity index is 336. The Kier molecular flexibility index (Phi) is 4.15. The molecule has 0 spiro atoms. The summed E-state index contributed by atoms with van der Waals surface area (Å²) in [5, 5.41) is 0. The number of nitrogens with one attached hydrogen (secondary N) is 1. The van der Waals surface area contributed by atoms with Gasteiger partial charge in [-0.3, -0.25) is 19.9 Å². The number of nitrogens with zero attached hydrogens (tertiary/aromatic N) is 2. The van der Waals surface area contributed by atoms with Crippen molar-refractivity contribution in [3.8, 4) is 0 Å². The van der Waals surface area contributed by atoms with Crippen LogP contribution in [0, 0.1) is 0 Å². The maximum Gasteiger partial charge on any atom is 0.263 e. The van der Waals surface area contributed by atoms with Gasteiger partial charge in [-0.2, -0.15) is 0 Å². The van der Waals surface area contributed by atoms with Gasteiger partial charge in [0.25, 0.3) is 5.91 Å². The normalized spacial score (nSPS) is 29.7. The number of rotatable bonds is 3. The first-order valence-electron chi connectivity index (χ1n) is 6.22. The van der Waals surface area contributed by atoms with E-state index in [-0.39, 0.29) is 17.9 Å². The molecule has 0 saturated carbocycles. The highest BCUT2D eigenvalue weighted by atomic mass is 16.5. The fraction of sp³-hybridized carbons (Fsp3) is 0.818. The molecule has 2 saturated heterocycles. The van der Waals surface area contributed by atoms with Crippen molar-refractivity contribution < 1.29 is 14.3 Å². The third-order valence-electron chi connectivity index (χ3n) is 3.54. The zero-order chi connectivity index (χ0) is 13.1. The van der Waals surface area contributed by atoms with Gasteiger partial charge in [0.2, 0.25) is 5.91 Å². The quantitative estimate of drug-likeness (QED) is 0.357. The van der Waals surface area contributed by atoms with Crippen LogP contribution >= 0.6 is 0 Å². The minimum atomic E-state index is -0.442. The lowest BCUT2D eigenvalue weighted by molar-refractivity contribution is -0.137. The van der Waals surface area contributed by atoms with Crippen molar-refractivity contribution in [2.75, 3.05) is 33.2 Å². The molecule has 7 nitrogen and oxygen atoms in total. The van der Waals surface area contributed by atoms with Crippen molar-refractivity contribution in [1.29, 1.82) is 0 Å². The number of hydrogen-bond acceptors (Lipinski definition) is 5. The summed E-state index contributed by atoms with van der Waals surface area (Å²) in [5.74, 6) is 4.94. The molecular weight excluding hydrogens is 236 g/mol. The van der Waals surface area contributed by atoms with Crippen LogP contribution in [0.15, 0.2) is 0 Å². The lowest BCUT2D eigenvalue weighted by Gasteiger charge is -2.33. The highest BCUT2D eigenvalue weighted by Gasteiger charge is 2.32. The average molecular weight is 256 g/mol. The Balaban J connectivity index is 1.78. The van der Waals surface area contributed by atoms with Gasteiger partial charge < -0.3 is 9.64 Å². The van der Waals surface area contributed by atoms with Gasteiger partial charge in [0.15, 0.2) is 0 Å². The van der Waals surface area contributed by atoms with Crippen LogP contribution in [0.3, 0.4) is 0 Å². The zero-order valence-corrected chi connectivity index (χ0v) is 10.6. The van der Waals surface area contributed by atoms with Crippen LogP contribution in [0.2, 0.25) is 0 Å². The molecule has 2 fully saturated rings. The topological polar surface area (TPSA) is 87.9 Å². The molecule has 0 aromatic carbocycles. The van der Waals surface area contributed by atoms with Crippen LogP contribution in [-0.4, -0.2) is 67.0 Å². The number of piperazine rings is 1. The number of hydrogen-bond donors (Lipinski definition) is 2. The molecule has 2 amide bonds. The Morgan fingerprint density at radius 3 is 2.94 bits per heavy atom. The Morgan fingerprint density at radius 2 is 2.28 bits per heavy atom. The van der Waals surface area contributed by atoms with E-state index in [1.165, 1.54) is 0 Å². The monoisotopic (exact) mass is 256 g/mol. The van der Waals surface area contributed by atoms with E-state index in [1.54, 1.807) is 4.90 Å². The van der Waals surface area contributed by atoms with Crippen LogP contribution in [-0.2, 0) is 14.3 Å². The second-order valence-electron chi connectivity index (χ2n) is 4.88. The maximum atomic E-state index is 11.6. The molecule has 2 atom stereocenters. The van der Waals surface area contributed by atoms with Crippen molar-refractivity contribution in [3.63, 3.8) is 0 Å². The van der Waals surface area contributed by atoms with Crippen molar-refractivity contribution >= 4 is 11.8 Å². The summed E-state index contributed by atoms with van der Waals surface area (Å²) in [6.07, 6.45) is 1.10. The van der Waals surface area contributed by atoms with Crippen molar-refractivity contribution in [2.24, 2.45) is 5.84 Å². The molecule has 18 heavy (non-hydrogen) atoms. The van der Waals surface area contributed by atoms with E-state index in [4.69, 9.17) is 10.6 Å². The molecule has 0 radical (unpaired) electrons. The molecule has 2 aliphatic heterocycles. The first kappa shape index (κ1) is 13.3. The summed E-state index contributed by atoms with van der Waals surface area (Å²) >= 11 is 0. The van der Waals surface area contributed by atoms with Gasteiger partial charge in [-0.05, 0) is 12.8 Å². The number of hydrazine groups is 1. The summed E-state index contributed by atoms with van der Waals surface area (Å²) in [6.45, 7) is 2.74. The molecule has 0 aliphatic carbocycles. The predicted molar refractivity (Wildman–Crippen MR) is 64.3 cm³/mol. The van der Waals surface area contributed by atoms with Gasteiger partial charge in [-0.25, -0.2) is 5.84 Å². The first-order valence-corrected chi connectivity index (χ1v) is 6.22. The molecular formula is C11H20N4O3. The van der Waals surface area contributed by atoms with E-state index in [0.717, 1.165) is 19.5 Å². The minimum absolute atomic E-state index is 0.0171. The van der Waals surface area contributed by atoms with Crippen LogP contribution in [0.5, 0.6) is 0 Å². The number of ether oxygens (including phenoxy) is 1. The van der Waals surface area contributed by atoms with Crippen LogP contribution < -0.4 is 11.3 Å². The fourth-order valence-electron chi connectivity index (χ4n) is 2.38. The third kappa shape index (κ3) is 2.98. The van der Waals surface area contributed by atoms with Crippen LogP contribution in [0.1, 0.15) is 12.8 Å². The lowest BCUT2D eigenvalue weighted by atomic mass is 10.1. The highest BCUT2D eigenvalue weighted by molar-refractivity contribution is 5.80. The molecule has 0 aromatic heterocycles. The molecule has 0 aromatic rings. The summed E-state index contributed by atoms with van der Waals surface area (Å²) in [7, 11) is 1.81. The number of amides is 2. The molecule has 7 heteroatoms. The summed E-state index contributed by atoms with van der Waals surface area (Å²) in [5.41, 5.74) is 2.11. The van der Waals surface area contributed by atoms with E-state index in [9.17, 15) is 9.59 Å². The molecule has 2 rings (SSSR count). The number of likely N-dealkylation sites (N-methyl/N-ethyl adjacent to an activating group) is 1. The highest BCUT2D eigenvalue weighted by Crippen LogP contribution is 2.21. The van der Waals surface area contributed by atoms with Gasteiger partial charge in [0.05, 0.1) is 12.6 Å². The fourth-order valence-corrected chi connectivity index (χ4v) is 2.38.